The normalized spacial score (nSPS) is 11.0. The molecule has 0 aliphatic carbocycles. The molecule has 0 unspecified atom stereocenters. The zero-order valence-electron chi connectivity index (χ0n) is 16.8. The molecule has 2 aromatic carbocycles. The summed E-state index contributed by atoms with van der Waals surface area (Å²) in [5.41, 5.74) is 4.18. The van der Waals surface area contributed by atoms with Gasteiger partial charge in [-0.05, 0) is 56.2 Å². The predicted molar refractivity (Wildman–Crippen MR) is 123 cm³/mol. The van der Waals surface area contributed by atoms with Crippen molar-refractivity contribution in [2.75, 3.05) is 11.1 Å². The number of hydrogen-bond acceptors (Lipinski definition) is 6. The zero-order valence-corrected chi connectivity index (χ0v) is 18.4. The van der Waals surface area contributed by atoms with Gasteiger partial charge < -0.3 is 5.32 Å². The number of thiazole rings is 1. The van der Waals surface area contributed by atoms with Gasteiger partial charge in [-0.25, -0.2) is 9.97 Å². The van der Waals surface area contributed by atoms with E-state index in [2.05, 4.69) is 21.4 Å². The van der Waals surface area contributed by atoms with Crippen LogP contribution in [0.3, 0.4) is 0 Å². The Labute approximate surface area is 182 Å². The van der Waals surface area contributed by atoms with E-state index in [9.17, 15) is 9.59 Å². The molecule has 4 aromatic rings. The van der Waals surface area contributed by atoms with Gasteiger partial charge in [0.1, 0.15) is 0 Å². The van der Waals surface area contributed by atoms with E-state index >= 15 is 0 Å². The molecule has 0 aliphatic rings. The summed E-state index contributed by atoms with van der Waals surface area (Å²) in [6, 6.07) is 13.2. The quantitative estimate of drug-likeness (QED) is 0.368. The van der Waals surface area contributed by atoms with E-state index < -0.39 is 0 Å². The number of hydrogen-bond donors (Lipinski definition) is 1. The molecule has 0 atom stereocenters. The number of anilines is 1. The molecule has 152 valence electrons. The Morgan fingerprint density at radius 1 is 1.10 bits per heavy atom. The molecule has 0 spiro atoms. The fraction of sp³-hybridized carbons (Fsp3) is 0.182. The van der Waals surface area contributed by atoms with Crippen LogP contribution in [0.2, 0.25) is 0 Å². The Hall–Kier alpha value is -2.97. The summed E-state index contributed by atoms with van der Waals surface area (Å²) < 4.78 is 1.59. The highest BCUT2D eigenvalue weighted by atomic mass is 32.2. The predicted octanol–water partition coefficient (Wildman–Crippen LogP) is 4.50. The number of aryl methyl sites for hydroxylation is 3. The molecule has 0 aliphatic heterocycles. The molecular formula is C22H20N4O2S2. The number of thioether (sulfide) groups is 1. The second-order valence-electron chi connectivity index (χ2n) is 7.03. The van der Waals surface area contributed by atoms with Crippen molar-refractivity contribution in [3.8, 4) is 5.69 Å². The minimum atomic E-state index is -0.191. The summed E-state index contributed by atoms with van der Waals surface area (Å²) in [5, 5.41) is 6.27. The van der Waals surface area contributed by atoms with Crippen LogP contribution in [0, 0.1) is 20.8 Å². The van der Waals surface area contributed by atoms with Gasteiger partial charge in [0.2, 0.25) is 5.91 Å². The molecule has 2 heterocycles. The first-order valence-corrected chi connectivity index (χ1v) is 11.2. The fourth-order valence-electron chi connectivity index (χ4n) is 3.21. The molecule has 2 aromatic heterocycles. The van der Waals surface area contributed by atoms with Gasteiger partial charge in [-0.3, -0.25) is 14.2 Å². The van der Waals surface area contributed by atoms with E-state index in [1.54, 1.807) is 10.6 Å². The van der Waals surface area contributed by atoms with Crippen molar-refractivity contribution >= 4 is 45.0 Å². The molecule has 0 bridgehead atoms. The van der Waals surface area contributed by atoms with Gasteiger partial charge in [0, 0.05) is 5.38 Å². The maximum atomic E-state index is 13.3. The molecule has 30 heavy (non-hydrogen) atoms. The largest absolute Gasteiger partial charge is 0.301 e. The zero-order chi connectivity index (χ0) is 21.3. The van der Waals surface area contributed by atoms with Crippen molar-refractivity contribution < 1.29 is 4.79 Å². The van der Waals surface area contributed by atoms with E-state index in [4.69, 9.17) is 0 Å². The van der Waals surface area contributed by atoms with E-state index in [-0.39, 0.29) is 17.2 Å². The number of carbonyl (C=O) groups is 1. The van der Waals surface area contributed by atoms with Gasteiger partial charge in [-0.1, -0.05) is 30.0 Å². The van der Waals surface area contributed by atoms with Crippen molar-refractivity contribution in [2.45, 2.75) is 25.9 Å². The molecule has 0 saturated heterocycles. The number of benzene rings is 2. The number of nitrogens with one attached hydrogen (secondary N) is 1. The highest BCUT2D eigenvalue weighted by Gasteiger charge is 2.16. The van der Waals surface area contributed by atoms with Gasteiger partial charge in [0.05, 0.1) is 28.0 Å². The van der Waals surface area contributed by atoms with Gasteiger partial charge in [0.15, 0.2) is 10.3 Å². The molecule has 0 radical (unpaired) electrons. The van der Waals surface area contributed by atoms with Crippen LogP contribution in [-0.2, 0) is 4.79 Å². The number of carbonyl (C=O) groups excluding carboxylic acids is 1. The van der Waals surface area contributed by atoms with Crippen molar-refractivity contribution in [1.29, 1.82) is 0 Å². The third-order valence-corrected chi connectivity index (χ3v) is 6.22. The first kappa shape index (κ1) is 20.3. The Kier molecular flexibility index (Phi) is 5.69. The number of nitrogens with zero attached hydrogens (tertiary/aromatic N) is 3. The van der Waals surface area contributed by atoms with Gasteiger partial charge in [-0.15, -0.1) is 11.3 Å². The summed E-state index contributed by atoms with van der Waals surface area (Å²) in [6.45, 7) is 5.86. The van der Waals surface area contributed by atoms with E-state index in [0.29, 0.717) is 21.2 Å². The lowest BCUT2D eigenvalue weighted by atomic mass is 10.1. The SMILES string of the molecule is Cc1cc(C)cc(-n2c(SCC(=O)Nc3nc(C)cs3)nc3ccccc3c2=O)c1. The summed E-state index contributed by atoms with van der Waals surface area (Å²) in [4.78, 5) is 34.7. The molecule has 1 amide bonds. The number of amides is 1. The van der Waals surface area contributed by atoms with Crippen LogP contribution in [-0.4, -0.2) is 26.2 Å². The smallest absolute Gasteiger partial charge is 0.266 e. The molecule has 0 saturated carbocycles. The molecule has 8 heteroatoms. The minimum absolute atomic E-state index is 0.119. The topological polar surface area (TPSA) is 76.9 Å². The molecule has 0 fully saturated rings. The van der Waals surface area contributed by atoms with Crippen LogP contribution < -0.4 is 10.9 Å². The number of fused-ring (bicyclic) bond motifs is 1. The number of rotatable bonds is 5. The maximum absolute atomic E-state index is 13.3. The van der Waals surface area contributed by atoms with Gasteiger partial charge in [0.25, 0.3) is 5.56 Å². The minimum Gasteiger partial charge on any atom is -0.301 e. The van der Waals surface area contributed by atoms with Crippen molar-refractivity contribution in [3.05, 3.63) is 75.0 Å². The Morgan fingerprint density at radius 3 is 2.53 bits per heavy atom. The van der Waals surface area contributed by atoms with Crippen LogP contribution in [0.1, 0.15) is 16.8 Å². The standard InChI is InChI=1S/C22H20N4O2S2/c1-13-8-14(2)10-16(9-13)26-20(28)17-6-4-5-7-18(17)24-22(26)30-12-19(27)25-21-23-15(3)11-29-21/h4-11H,12H2,1-3H3,(H,23,25,27). The van der Waals surface area contributed by atoms with Gasteiger partial charge in [-0.2, -0.15) is 0 Å². The maximum Gasteiger partial charge on any atom is 0.266 e. The average Bonchev–Trinajstić information content (AvgIpc) is 3.10. The lowest BCUT2D eigenvalue weighted by molar-refractivity contribution is -0.113. The summed E-state index contributed by atoms with van der Waals surface area (Å²) in [5.74, 6) is -0.0717. The molecule has 6 nitrogen and oxygen atoms in total. The first-order valence-electron chi connectivity index (χ1n) is 9.36. The fourth-order valence-corrected chi connectivity index (χ4v) is 4.73. The van der Waals surface area contributed by atoms with Gasteiger partial charge >= 0.3 is 0 Å². The summed E-state index contributed by atoms with van der Waals surface area (Å²) >= 11 is 2.62. The number of aromatic nitrogens is 3. The van der Waals surface area contributed by atoms with Crippen molar-refractivity contribution in [3.63, 3.8) is 0 Å². The lowest BCUT2D eigenvalue weighted by Crippen LogP contribution is -2.23. The van der Waals surface area contributed by atoms with Crippen LogP contribution in [0.5, 0.6) is 0 Å². The highest BCUT2D eigenvalue weighted by Crippen LogP contribution is 2.23. The Bertz CT molecular complexity index is 1290. The average molecular weight is 437 g/mol. The van der Waals surface area contributed by atoms with Crippen LogP contribution >= 0.6 is 23.1 Å². The second-order valence-corrected chi connectivity index (χ2v) is 8.83. The highest BCUT2D eigenvalue weighted by molar-refractivity contribution is 7.99. The lowest BCUT2D eigenvalue weighted by Gasteiger charge is -2.14. The third-order valence-electron chi connectivity index (χ3n) is 4.41. The first-order chi connectivity index (χ1) is 14.4. The molecule has 1 N–H and O–H groups in total. The number of para-hydroxylation sites is 1. The van der Waals surface area contributed by atoms with Crippen LogP contribution in [0.4, 0.5) is 5.13 Å². The van der Waals surface area contributed by atoms with E-state index in [0.717, 1.165) is 22.5 Å². The van der Waals surface area contributed by atoms with Crippen molar-refractivity contribution in [1.82, 2.24) is 14.5 Å². The van der Waals surface area contributed by atoms with E-state index in [1.165, 1.54) is 23.1 Å². The monoisotopic (exact) mass is 436 g/mol. The van der Waals surface area contributed by atoms with Crippen molar-refractivity contribution in [2.24, 2.45) is 0 Å². The van der Waals surface area contributed by atoms with E-state index in [1.807, 2.05) is 56.5 Å². The third kappa shape index (κ3) is 4.29. The Morgan fingerprint density at radius 2 is 1.83 bits per heavy atom. The molecular weight excluding hydrogens is 416 g/mol. The second kappa shape index (κ2) is 8.41. The molecule has 4 rings (SSSR count). The summed E-state index contributed by atoms with van der Waals surface area (Å²) in [6.07, 6.45) is 0. The summed E-state index contributed by atoms with van der Waals surface area (Å²) in [7, 11) is 0. The van der Waals surface area contributed by atoms with Crippen LogP contribution in [0.15, 0.2) is 57.8 Å². The Balaban J connectivity index is 1.72. The van der Waals surface area contributed by atoms with Crippen LogP contribution in [0.25, 0.3) is 16.6 Å².